The predicted octanol–water partition coefficient (Wildman–Crippen LogP) is 4.10. The van der Waals surface area contributed by atoms with Gasteiger partial charge in [0.25, 0.3) is 5.91 Å². The van der Waals surface area contributed by atoms with Gasteiger partial charge < -0.3 is 14.9 Å². The molecule has 7 heteroatoms. The van der Waals surface area contributed by atoms with Gasteiger partial charge in [-0.2, -0.15) is 0 Å². The van der Waals surface area contributed by atoms with Crippen molar-refractivity contribution in [2.24, 2.45) is 5.16 Å². The van der Waals surface area contributed by atoms with Crippen LogP contribution in [0.5, 0.6) is 5.75 Å². The van der Waals surface area contributed by atoms with E-state index in [0.717, 1.165) is 10.0 Å². The lowest BCUT2D eigenvalue weighted by atomic mass is 10.2. The monoisotopic (exact) mass is 396 g/mol. The lowest BCUT2D eigenvalue weighted by Crippen LogP contribution is -2.17. The number of hydrogen-bond donors (Lipinski definition) is 1. The average molecular weight is 398 g/mol. The smallest absolute Gasteiger partial charge is 0.265 e. The molecule has 0 atom stereocenters. The number of nitrogens with one attached hydrogen (secondary N) is 1. The highest BCUT2D eigenvalue weighted by molar-refractivity contribution is 9.10. The Bertz CT molecular complexity index is 705. The van der Waals surface area contributed by atoms with Crippen LogP contribution in [0.4, 0.5) is 5.69 Å². The van der Waals surface area contributed by atoms with Crippen molar-refractivity contribution in [3.63, 3.8) is 0 Å². The first kappa shape index (κ1) is 17.3. The highest BCUT2D eigenvalue weighted by Gasteiger charge is 2.08. The Labute approximate surface area is 147 Å². The van der Waals surface area contributed by atoms with E-state index in [-0.39, 0.29) is 12.5 Å². The summed E-state index contributed by atoms with van der Waals surface area (Å²) < 4.78 is 6.12. The van der Waals surface area contributed by atoms with E-state index in [2.05, 4.69) is 26.4 Å². The third-order valence-corrected chi connectivity index (χ3v) is 3.54. The summed E-state index contributed by atoms with van der Waals surface area (Å²) in [5.74, 6) is 0.152. The van der Waals surface area contributed by atoms with E-state index in [1.54, 1.807) is 18.2 Å². The highest BCUT2D eigenvalue weighted by atomic mass is 79.9. The number of oxime groups is 1. The third-order valence-electron chi connectivity index (χ3n) is 2.78. The lowest BCUT2D eigenvalue weighted by Gasteiger charge is -2.09. The molecular weight excluding hydrogens is 384 g/mol. The largest absolute Gasteiger partial charge is 0.495 e. The summed E-state index contributed by atoms with van der Waals surface area (Å²) in [6.07, 6.45) is 1.53. The fraction of sp³-hybridized carbons (Fsp3) is 0.125. The molecule has 0 aliphatic rings. The zero-order valence-electron chi connectivity index (χ0n) is 12.3. The van der Waals surface area contributed by atoms with Gasteiger partial charge in [0.15, 0.2) is 6.61 Å². The summed E-state index contributed by atoms with van der Waals surface area (Å²) >= 11 is 9.24. The molecule has 5 nitrogen and oxygen atoms in total. The van der Waals surface area contributed by atoms with E-state index in [9.17, 15) is 4.79 Å². The zero-order valence-corrected chi connectivity index (χ0v) is 14.6. The topological polar surface area (TPSA) is 59.9 Å². The fourth-order valence-corrected chi connectivity index (χ4v) is 2.14. The van der Waals surface area contributed by atoms with Gasteiger partial charge in [-0.25, -0.2) is 0 Å². The number of halogens is 2. The molecule has 1 N–H and O–H groups in total. The molecule has 1 amide bonds. The molecule has 2 rings (SSSR count). The van der Waals surface area contributed by atoms with E-state index in [1.807, 2.05) is 24.3 Å². The minimum absolute atomic E-state index is 0.220. The molecule has 0 aliphatic carbocycles. The minimum Gasteiger partial charge on any atom is -0.495 e. The Kier molecular flexibility index (Phi) is 6.43. The Morgan fingerprint density at radius 1 is 1.30 bits per heavy atom. The highest BCUT2D eigenvalue weighted by Crippen LogP contribution is 2.27. The number of anilines is 1. The first-order valence-corrected chi connectivity index (χ1v) is 7.80. The summed E-state index contributed by atoms with van der Waals surface area (Å²) in [6.45, 7) is -0.220. The van der Waals surface area contributed by atoms with Crippen LogP contribution < -0.4 is 10.1 Å². The summed E-state index contributed by atoms with van der Waals surface area (Å²) in [7, 11) is 1.51. The van der Waals surface area contributed by atoms with Crippen LogP contribution in [0.25, 0.3) is 0 Å². The van der Waals surface area contributed by atoms with Gasteiger partial charge >= 0.3 is 0 Å². The molecule has 120 valence electrons. The van der Waals surface area contributed by atoms with E-state index >= 15 is 0 Å². The van der Waals surface area contributed by atoms with Crippen molar-refractivity contribution in [2.75, 3.05) is 19.0 Å². The van der Waals surface area contributed by atoms with Crippen LogP contribution in [0.1, 0.15) is 5.56 Å². The van der Waals surface area contributed by atoms with Crippen molar-refractivity contribution in [1.82, 2.24) is 0 Å². The van der Waals surface area contributed by atoms with Crippen molar-refractivity contribution in [1.29, 1.82) is 0 Å². The van der Waals surface area contributed by atoms with Gasteiger partial charge in [0.2, 0.25) is 0 Å². The lowest BCUT2D eigenvalue weighted by molar-refractivity contribution is -0.120. The van der Waals surface area contributed by atoms with Crippen LogP contribution >= 0.6 is 27.5 Å². The molecule has 2 aromatic rings. The van der Waals surface area contributed by atoms with Gasteiger partial charge in [0.1, 0.15) is 5.75 Å². The fourth-order valence-electron chi connectivity index (χ4n) is 1.71. The second kappa shape index (κ2) is 8.55. The molecule has 0 radical (unpaired) electrons. The second-order valence-electron chi connectivity index (χ2n) is 4.45. The number of carbonyl (C=O) groups is 1. The second-order valence-corrected chi connectivity index (χ2v) is 5.80. The Morgan fingerprint density at radius 2 is 2.04 bits per heavy atom. The number of ether oxygens (including phenoxy) is 1. The minimum atomic E-state index is -0.362. The van der Waals surface area contributed by atoms with Crippen molar-refractivity contribution in [3.05, 3.63) is 57.5 Å². The molecule has 0 unspecified atom stereocenters. The van der Waals surface area contributed by atoms with Crippen molar-refractivity contribution < 1.29 is 14.4 Å². The molecule has 0 bridgehead atoms. The molecule has 0 saturated carbocycles. The van der Waals surface area contributed by atoms with E-state index in [0.29, 0.717) is 16.5 Å². The first-order valence-electron chi connectivity index (χ1n) is 6.63. The van der Waals surface area contributed by atoms with E-state index < -0.39 is 0 Å². The molecule has 0 saturated heterocycles. The number of amides is 1. The molecule has 0 heterocycles. The maximum atomic E-state index is 11.8. The van der Waals surface area contributed by atoms with E-state index in [4.69, 9.17) is 21.2 Å². The van der Waals surface area contributed by atoms with Crippen LogP contribution in [-0.2, 0) is 9.63 Å². The first-order chi connectivity index (χ1) is 11.1. The normalized spacial score (nSPS) is 10.6. The maximum absolute atomic E-state index is 11.8. The average Bonchev–Trinajstić information content (AvgIpc) is 2.53. The van der Waals surface area contributed by atoms with Gasteiger partial charge in [-0.05, 0) is 35.9 Å². The number of hydrogen-bond acceptors (Lipinski definition) is 4. The number of carbonyl (C=O) groups excluding carboxylic acids is 1. The van der Waals surface area contributed by atoms with Crippen LogP contribution in [0.2, 0.25) is 5.02 Å². The van der Waals surface area contributed by atoms with Gasteiger partial charge in [0.05, 0.1) is 19.0 Å². The van der Waals surface area contributed by atoms with Crippen molar-refractivity contribution in [3.8, 4) is 5.75 Å². The van der Waals surface area contributed by atoms with Gasteiger partial charge in [0, 0.05) is 9.50 Å². The van der Waals surface area contributed by atoms with Crippen LogP contribution in [0.15, 0.2) is 52.1 Å². The molecule has 23 heavy (non-hydrogen) atoms. The maximum Gasteiger partial charge on any atom is 0.265 e. The molecule has 0 spiro atoms. The standard InChI is InChI=1S/C16H14BrClN2O3/c1-22-15-7-6-13(18)8-14(15)20-16(21)10-23-19-9-11-2-4-12(17)5-3-11/h2-9H,10H2,1H3,(H,20,21)/b19-9-. The summed E-state index contributed by atoms with van der Waals surface area (Å²) in [6, 6.07) is 12.5. The van der Waals surface area contributed by atoms with Gasteiger partial charge in [-0.15, -0.1) is 0 Å². The SMILES string of the molecule is COc1ccc(Cl)cc1NC(=O)CO/N=C\c1ccc(Br)cc1. The van der Waals surface area contributed by atoms with E-state index in [1.165, 1.54) is 13.3 Å². The molecule has 0 aromatic heterocycles. The number of benzene rings is 2. The summed E-state index contributed by atoms with van der Waals surface area (Å²) in [4.78, 5) is 16.8. The van der Waals surface area contributed by atoms with Crippen LogP contribution in [0, 0.1) is 0 Å². The Balaban J connectivity index is 1.86. The van der Waals surface area contributed by atoms with Crippen LogP contribution in [0.3, 0.4) is 0 Å². The summed E-state index contributed by atoms with van der Waals surface area (Å²) in [5.41, 5.74) is 1.34. The third kappa shape index (κ3) is 5.58. The predicted molar refractivity (Wildman–Crippen MR) is 94.3 cm³/mol. The molecule has 0 fully saturated rings. The Morgan fingerprint density at radius 3 is 2.74 bits per heavy atom. The Hall–Kier alpha value is -2.05. The number of methoxy groups -OCH3 is 1. The number of rotatable bonds is 6. The zero-order chi connectivity index (χ0) is 16.7. The summed E-state index contributed by atoms with van der Waals surface area (Å²) in [5, 5.41) is 6.91. The molecule has 0 aliphatic heterocycles. The quantitative estimate of drug-likeness (QED) is 0.590. The van der Waals surface area contributed by atoms with Gasteiger partial charge in [-0.3, -0.25) is 4.79 Å². The van der Waals surface area contributed by atoms with Gasteiger partial charge in [-0.1, -0.05) is 44.8 Å². The molecule has 2 aromatic carbocycles. The van der Waals surface area contributed by atoms with Crippen LogP contribution in [-0.4, -0.2) is 25.8 Å². The molecular formula is C16H14BrClN2O3. The van der Waals surface area contributed by atoms with Crippen molar-refractivity contribution >= 4 is 45.3 Å². The number of nitrogens with zero attached hydrogens (tertiary/aromatic N) is 1. The van der Waals surface area contributed by atoms with Crippen molar-refractivity contribution in [2.45, 2.75) is 0 Å².